The van der Waals surface area contributed by atoms with Gasteiger partial charge in [-0.05, 0) is 43.2 Å². The summed E-state index contributed by atoms with van der Waals surface area (Å²) in [4.78, 5) is 3.19. The first kappa shape index (κ1) is 13.7. The van der Waals surface area contributed by atoms with E-state index in [9.17, 15) is 4.39 Å². The lowest BCUT2D eigenvalue weighted by Gasteiger charge is -2.00. The van der Waals surface area contributed by atoms with Crippen LogP contribution in [-0.4, -0.2) is 5.37 Å². The monoisotopic (exact) mass is 297 g/mol. The maximum Gasteiger partial charge on any atom is 0.210 e. The van der Waals surface area contributed by atoms with Crippen LogP contribution in [0.2, 0.25) is 0 Å². The molecule has 2 heterocycles. The van der Waals surface area contributed by atoms with Crippen molar-refractivity contribution in [3.8, 4) is 23.1 Å². The molecular weight excluding hydrogens is 283 g/mol. The van der Waals surface area contributed by atoms with Gasteiger partial charge in [0.05, 0.1) is 16.6 Å². The van der Waals surface area contributed by atoms with Crippen molar-refractivity contribution in [1.82, 2.24) is 5.32 Å². The third-order valence-electron chi connectivity index (χ3n) is 3.06. The van der Waals surface area contributed by atoms with Gasteiger partial charge in [0.25, 0.3) is 0 Å². The average Bonchev–Trinajstić information content (AvgIpc) is 2.92. The summed E-state index contributed by atoms with van der Waals surface area (Å²) in [5, 5.41) is 5.70. The van der Waals surface area contributed by atoms with Crippen LogP contribution in [0.15, 0.2) is 53.7 Å². The first-order valence-corrected chi connectivity index (χ1v) is 7.57. The van der Waals surface area contributed by atoms with E-state index in [2.05, 4.69) is 29.1 Å². The normalized spacial score (nSPS) is 16.7. The van der Waals surface area contributed by atoms with Crippen molar-refractivity contribution in [3.05, 3.63) is 65.1 Å². The summed E-state index contributed by atoms with van der Waals surface area (Å²) in [5.74, 6) is 5.98. The molecule has 2 aromatic rings. The summed E-state index contributed by atoms with van der Waals surface area (Å²) in [6.07, 6.45) is 1.86. The quantitative estimate of drug-likeness (QED) is 0.818. The molecule has 1 aliphatic rings. The number of hydrogen-bond donors (Lipinski definition) is 1. The Bertz CT molecular complexity index is 724. The maximum absolute atomic E-state index is 12.9. The molecule has 0 saturated heterocycles. The van der Waals surface area contributed by atoms with Crippen molar-refractivity contribution < 1.29 is 9.37 Å². The van der Waals surface area contributed by atoms with Gasteiger partial charge >= 0.3 is 0 Å². The van der Waals surface area contributed by atoms with Crippen LogP contribution in [0.4, 0.5) is 4.39 Å². The molecule has 1 unspecified atom stereocenters. The number of thioether (sulfide) groups is 1. The largest absolute Gasteiger partial charge is 0.366 e. The minimum Gasteiger partial charge on any atom is -0.366 e. The van der Waals surface area contributed by atoms with E-state index in [4.69, 9.17) is 0 Å². The van der Waals surface area contributed by atoms with Crippen molar-refractivity contribution in [2.24, 2.45) is 0 Å². The van der Waals surface area contributed by atoms with Crippen molar-refractivity contribution in [2.75, 3.05) is 0 Å². The third kappa shape index (κ3) is 3.45. The van der Waals surface area contributed by atoms with E-state index in [0.717, 1.165) is 22.5 Å². The smallest absolute Gasteiger partial charge is 0.210 e. The maximum atomic E-state index is 12.9. The molecule has 0 spiro atoms. The molecule has 1 atom stereocenters. The topological polar surface area (TPSA) is 26.2 Å². The first-order valence-electron chi connectivity index (χ1n) is 6.62. The average molecular weight is 297 g/mol. The number of H-pyrrole nitrogens is 1. The van der Waals surface area contributed by atoms with Gasteiger partial charge in [-0.2, -0.15) is 0 Å². The predicted molar refractivity (Wildman–Crippen MR) is 83.5 cm³/mol. The van der Waals surface area contributed by atoms with Gasteiger partial charge in [0.2, 0.25) is 5.69 Å². The van der Waals surface area contributed by atoms with Crippen LogP contribution in [-0.2, 0) is 0 Å². The van der Waals surface area contributed by atoms with Gasteiger partial charge in [-0.1, -0.05) is 5.92 Å². The third-order valence-corrected chi connectivity index (χ3v) is 3.96. The number of halogens is 1. The highest BCUT2D eigenvalue weighted by Crippen LogP contribution is 2.19. The molecule has 0 saturated carbocycles. The van der Waals surface area contributed by atoms with E-state index in [1.165, 1.54) is 12.1 Å². The SMILES string of the molecule is CC1NC(C#Cc2ccc(-c3ccc(F)cc3)[nH+]c2)=CS1. The summed E-state index contributed by atoms with van der Waals surface area (Å²) in [6, 6.07) is 10.3. The summed E-state index contributed by atoms with van der Waals surface area (Å²) < 4.78 is 12.9. The number of rotatable bonds is 1. The van der Waals surface area contributed by atoms with E-state index in [1.807, 2.05) is 23.7 Å². The molecule has 4 heteroatoms. The Morgan fingerprint density at radius 1 is 1.14 bits per heavy atom. The van der Waals surface area contributed by atoms with E-state index in [-0.39, 0.29) is 5.82 Å². The number of hydrogen-bond acceptors (Lipinski definition) is 2. The van der Waals surface area contributed by atoms with Gasteiger partial charge in [-0.15, -0.1) is 11.8 Å². The number of pyridine rings is 1. The molecule has 0 bridgehead atoms. The zero-order chi connectivity index (χ0) is 14.7. The molecule has 2 nitrogen and oxygen atoms in total. The molecule has 2 N–H and O–H groups in total. The molecule has 1 aliphatic heterocycles. The molecule has 0 radical (unpaired) electrons. The molecule has 0 fully saturated rings. The van der Waals surface area contributed by atoms with Crippen LogP contribution >= 0.6 is 11.8 Å². The van der Waals surface area contributed by atoms with Gasteiger partial charge < -0.3 is 5.32 Å². The molecule has 1 aromatic heterocycles. The summed E-state index contributed by atoms with van der Waals surface area (Å²) in [5.41, 5.74) is 3.74. The highest BCUT2D eigenvalue weighted by Gasteiger charge is 2.09. The van der Waals surface area contributed by atoms with Gasteiger partial charge in [0.15, 0.2) is 6.20 Å². The Morgan fingerprint density at radius 3 is 2.57 bits per heavy atom. The Morgan fingerprint density at radius 2 is 1.95 bits per heavy atom. The van der Waals surface area contributed by atoms with E-state index >= 15 is 0 Å². The molecule has 104 valence electrons. The number of allylic oxidation sites excluding steroid dienone is 1. The second kappa shape index (κ2) is 6.02. The number of benzene rings is 1. The van der Waals surface area contributed by atoms with Crippen LogP contribution in [0.3, 0.4) is 0 Å². The highest BCUT2D eigenvalue weighted by molar-refractivity contribution is 8.02. The Kier molecular flexibility index (Phi) is 3.94. The molecular formula is C17H14FN2S+. The fraction of sp³-hybridized carbons (Fsp3) is 0.118. The van der Waals surface area contributed by atoms with Crippen molar-refractivity contribution in [1.29, 1.82) is 0 Å². The minimum atomic E-state index is -0.231. The van der Waals surface area contributed by atoms with Crippen LogP contribution in [0.25, 0.3) is 11.3 Å². The second-order valence-corrected chi connectivity index (χ2v) is 5.92. The zero-order valence-electron chi connectivity index (χ0n) is 11.5. The van der Waals surface area contributed by atoms with Gasteiger partial charge in [-0.25, -0.2) is 9.37 Å². The van der Waals surface area contributed by atoms with Crippen molar-refractivity contribution in [2.45, 2.75) is 12.3 Å². The predicted octanol–water partition coefficient (Wildman–Crippen LogP) is 3.18. The lowest BCUT2D eigenvalue weighted by atomic mass is 10.1. The first-order chi connectivity index (χ1) is 10.2. The van der Waals surface area contributed by atoms with E-state index in [1.54, 1.807) is 23.9 Å². The number of aromatic amines is 1. The van der Waals surface area contributed by atoms with Crippen molar-refractivity contribution >= 4 is 11.8 Å². The molecule has 0 aliphatic carbocycles. The zero-order valence-corrected chi connectivity index (χ0v) is 12.3. The molecule has 1 aromatic carbocycles. The van der Waals surface area contributed by atoms with E-state index < -0.39 is 0 Å². The Hall–Kier alpha value is -2.25. The summed E-state index contributed by atoms with van der Waals surface area (Å²) in [7, 11) is 0. The minimum absolute atomic E-state index is 0.231. The van der Waals surface area contributed by atoms with Crippen LogP contribution in [0, 0.1) is 17.7 Å². The standard InChI is InChI=1S/C17H13FN2S/c1-12-20-16(11-21-12)8-2-13-3-9-17(19-10-13)14-4-6-15(18)7-5-14/h3-7,9-12,20H,1H3/p+1. The van der Waals surface area contributed by atoms with Crippen LogP contribution in [0.5, 0.6) is 0 Å². The molecule has 21 heavy (non-hydrogen) atoms. The second-order valence-electron chi connectivity index (χ2n) is 4.70. The van der Waals surface area contributed by atoms with Crippen LogP contribution < -0.4 is 10.3 Å². The summed E-state index contributed by atoms with van der Waals surface area (Å²) >= 11 is 1.73. The lowest BCUT2D eigenvalue weighted by Crippen LogP contribution is -2.15. The Labute approximate surface area is 127 Å². The van der Waals surface area contributed by atoms with Crippen molar-refractivity contribution in [3.63, 3.8) is 0 Å². The Balaban J connectivity index is 1.75. The number of aromatic nitrogens is 1. The molecule has 3 rings (SSSR count). The lowest BCUT2D eigenvalue weighted by molar-refractivity contribution is -0.364. The van der Waals surface area contributed by atoms with Gasteiger partial charge in [0, 0.05) is 17.0 Å². The number of nitrogens with one attached hydrogen (secondary N) is 2. The molecule has 0 amide bonds. The van der Waals surface area contributed by atoms with E-state index in [0.29, 0.717) is 5.37 Å². The fourth-order valence-electron chi connectivity index (χ4n) is 1.97. The van der Waals surface area contributed by atoms with Gasteiger partial charge in [0.1, 0.15) is 5.82 Å². The van der Waals surface area contributed by atoms with Gasteiger partial charge in [-0.3, -0.25) is 0 Å². The highest BCUT2D eigenvalue weighted by atomic mass is 32.2. The summed E-state index contributed by atoms with van der Waals surface area (Å²) in [6.45, 7) is 2.10. The fourth-order valence-corrected chi connectivity index (χ4v) is 2.64. The van der Waals surface area contributed by atoms with Crippen LogP contribution in [0.1, 0.15) is 12.5 Å².